The number of anilines is 2. The van der Waals surface area contributed by atoms with Gasteiger partial charge in [-0.25, -0.2) is 13.2 Å². The van der Waals surface area contributed by atoms with Crippen LogP contribution in [0.2, 0.25) is 0 Å². The van der Waals surface area contributed by atoms with Crippen molar-refractivity contribution in [3.63, 3.8) is 0 Å². The molecular weight excluding hydrogens is 407 g/mol. The summed E-state index contributed by atoms with van der Waals surface area (Å²) in [5, 5.41) is 11.7. The number of nitrogens with one attached hydrogen (secondary N) is 1. The topological polar surface area (TPSA) is 92.7 Å². The summed E-state index contributed by atoms with van der Waals surface area (Å²) in [5.74, 6) is -1.79. The fourth-order valence-corrected chi connectivity index (χ4v) is 4.89. The van der Waals surface area contributed by atoms with Crippen molar-refractivity contribution in [1.82, 2.24) is 0 Å². The Morgan fingerprint density at radius 2 is 1.84 bits per heavy atom. The van der Waals surface area contributed by atoms with Gasteiger partial charge in [-0.15, -0.1) is 24.5 Å². The van der Waals surface area contributed by atoms with E-state index in [9.17, 15) is 26.4 Å². The summed E-state index contributed by atoms with van der Waals surface area (Å²) in [6, 6.07) is 4.45. The number of thiophene rings is 1. The first-order chi connectivity index (χ1) is 11.4. The lowest BCUT2D eigenvalue weighted by molar-refractivity contribution is -0.274. The average molecular weight is 416 g/mol. The summed E-state index contributed by atoms with van der Waals surface area (Å²) in [5.41, 5.74) is 0.182. The van der Waals surface area contributed by atoms with Crippen molar-refractivity contribution >= 4 is 47.7 Å². The number of carboxylic acid groups (broad SMARTS) is 1. The van der Waals surface area contributed by atoms with E-state index in [1.54, 1.807) is 0 Å². The smallest absolute Gasteiger partial charge is 0.477 e. The molecule has 0 bridgehead atoms. The third-order valence-corrected chi connectivity index (χ3v) is 5.66. The molecule has 0 fully saturated rings. The highest BCUT2D eigenvalue weighted by Crippen LogP contribution is 2.40. The largest absolute Gasteiger partial charge is 0.573 e. The predicted molar refractivity (Wildman–Crippen MR) is 85.5 cm³/mol. The van der Waals surface area contributed by atoms with E-state index in [1.165, 1.54) is 19.1 Å². The van der Waals surface area contributed by atoms with Gasteiger partial charge < -0.3 is 15.2 Å². The van der Waals surface area contributed by atoms with E-state index in [1.807, 2.05) is 0 Å². The normalized spacial score (nSPS) is 12.0. The van der Waals surface area contributed by atoms with Crippen molar-refractivity contribution < 1.29 is 36.2 Å². The predicted octanol–water partition coefficient (Wildman–Crippen LogP) is 4.32. The summed E-state index contributed by atoms with van der Waals surface area (Å²) in [6.45, 7) is 1.29. The molecule has 1 heterocycles. The molecule has 2 rings (SSSR count). The van der Waals surface area contributed by atoms with Crippen molar-refractivity contribution in [3.8, 4) is 5.75 Å². The molecule has 136 valence electrons. The number of benzene rings is 1. The highest BCUT2D eigenvalue weighted by Gasteiger charge is 2.31. The first kappa shape index (κ1) is 19.3. The second kappa shape index (κ2) is 6.73. The quantitative estimate of drug-likeness (QED) is 0.706. The number of rotatable bonds is 5. The van der Waals surface area contributed by atoms with Crippen LogP contribution in [0.4, 0.5) is 23.9 Å². The summed E-state index contributed by atoms with van der Waals surface area (Å²) in [6.07, 6.45) is -4.84. The van der Waals surface area contributed by atoms with Crippen LogP contribution in [0.15, 0.2) is 29.2 Å². The number of carbonyl (C=O) groups is 1. The Morgan fingerprint density at radius 1 is 1.28 bits per heavy atom. The van der Waals surface area contributed by atoms with Crippen LogP contribution in [0.3, 0.4) is 0 Å². The highest BCUT2D eigenvalue weighted by atomic mass is 35.7. The van der Waals surface area contributed by atoms with Crippen LogP contribution in [-0.4, -0.2) is 25.9 Å². The van der Waals surface area contributed by atoms with Crippen molar-refractivity contribution in [2.45, 2.75) is 18.2 Å². The lowest BCUT2D eigenvalue weighted by Gasteiger charge is -2.10. The van der Waals surface area contributed by atoms with Crippen LogP contribution in [0.5, 0.6) is 5.75 Å². The average Bonchev–Trinajstić information content (AvgIpc) is 2.76. The van der Waals surface area contributed by atoms with E-state index >= 15 is 0 Å². The number of carboxylic acids is 1. The SMILES string of the molecule is Cc1c(C(=O)O)sc(Nc2ccc(OC(F)(F)F)cc2)c1S(=O)(=O)Cl. The molecule has 0 aliphatic carbocycles. The molecule has 0 spiro atoms. The fraction of sp³-hybridized carbons (Fsp3) is 0.154. The van der Waals surface area contributed by atoms with E-state index in [2.05, 4.69) is 10.1 Å². The van der Waals surface area contributed by atoms with Crippen LogP contribution in [0.1, 0.15) is 15.2 Å². The molecule has 0 atom stereocenters. The van der Waals surface area contributed by atoms with E-state index in [-0.39, 0.29) is 21.1 Å². The zero-order chi connectivity index (χ0) is 19.0. The van der Waals surface area contributed by atoms with E-state index in [4.69, 9.17) is 15.8 Å². The first-order valence-corrected chi connectivity index (χ1v) is 9.45. The number of hydrogen-bond acceptors (Lipinski definition) is 6. The van der Waals surface area contributed by atoms with Crippen molar-refractivity contribution in [1.29, 1.82) is 0 Å². The summed E-state index contributed by atoms with van der Waals surface area (Å²) in [4.78, 5) is 10.5. The molecule has 12 heteroatoms. The number of aromatic carboxylic acids is 1. The molecule has 2 aromatic rings. The Balaban J connectivity index is 2.37. The van der Waals surface area contributed by atoms with Gasteiger partial charge in [0.15, 0.2) is 0 Å². The third kappa shape index (κ3) is 4.77. The molecular formula is C13H9ClF3NO5S2. The van der Waals surface area contributed by atoms with E-state index in [0.717, 1.165) is 12.1 Å². The van der Waals surface area contributed by atoms with Crippen molar-refractivity contribution in [3.05, 3.63) is 34.7 Å². The molecule has 0 radical (unpaired) electrons. The van der Waals surface area contributed by atoms with Crippen LogP contribution >= 0.6 is 22.0 Å². The van der Waals surface area contributed by atoms with E-state index in [0.29, 0.717) is 11.3 Å². The summed E-state index contributed by atoms with van der Waals surface area (Å²) in [7, 11) is 1.11. The third-order valence-electron chi connectivity index (χ3n) is 2.88. The fourth-order valence-electron chi connectivity index (χ4n) is 1.95. The van der Waals surface area contributed by atoms with Gasteiger partial charge in [-0.3, -0.25) is 0 Å². The molecule has 2 N–H and O–H groups in total. The van der Waals surface area contributed by atoms with Crippen LogP contribution < -0.4 is 10.1 Å². The lowest BCUT2D eigenvalue weighted by atomic mass is 10.2. The van der Waals surface area contributed by atoms with Gasteiger partial charge >= 0.3 is 12.3 Å². The minimum absolute atomic E-state index is 0.0352. The van der Waals surface area contributed by atoms with Gasteiger partial charge in [-0.2, -0.15) is 0 Å². The molecule has 1 aromatic heterocycles. The Labute approximate surface area is 148 Å². The standard InChI is InChI=1S/C13H9ClF3NO5S2/c1-6-9(12(19)20)24-11(10(6)25(14,21)22)18-7-2-4-8(5-3-7)23-13(15,16)17/h2-5,18H,1H3,(H,19,20). The molecule has 0 aliphatic heterocycles. The highest BCUT2D eigenvalue weighted by molar-refractivity contribution is 8.14. The number of ether oxygens (including phenoxy) is 1. The van der Waals surface area contributed by atoms with Gasteiger partial charge in [0.2, 0.25) is 0 Å². The second-order valence-electron chi connectivity index (χ2n) is 4.65. The Morgan fingerprint density at radius 3 is 2.28 bits per heavy atom. The number of hydrogen-bond donors (Lipinski definition) is 2. The minimum Gasteiger partial charge on any atom is -0.477 e. The van der Waals surface area contributed by atoms with Crippen LogP contribution in [-0.2, 0) is 9.05 Å². The minimum atomic E-state index is -4.84. The zero-order valence-electron chi connectivity index (χ0n) is 12.2. The van der Waals surface area contributed by atoms with Gasteiger partial charge in [-0.05, 0) is 36.8 Å². The number of halogens is 4. The first-order valence-electron chi connectivity index (χ1n) is 6.32. The van der Waals surface area contributed by atoms with E-state index < -0.39 is 32.0 Å². The molecule has 25 heavy (non-hydrogen) atoms. The molecule has 0 saturated heterocycles. The molecule has 0 amide bonds. The maximum atomic E-state index is 12.1. The maximum Gasteiger partial charge on any atom is 0.573 e. The van der Waals surface area contributed by atoms with Crippen molar-refractivity contribution in [2.24, 2.45) is 0 Å². The molecule has 6 nitrogen and oxygen atoms in total. The van der Waals surface area contributed by atoms with Gasteiger partial charge in [-0.1, -0.05) is 0 Å². The van der Waals surface area contributed by atoms with Gasteiger partial charge in [0.25, 0.3) is 9.05 Å². The van der Waals surface area contributed by atoms with Crippen LogP contribution in [0, 0.1) is 6.92 Å². The maximum absolute atomic E-state index is 12.1. The molecule has 1 aromatic carbocycles. The second-order valence-corrected chi connectivity index (χ2v) is 8.18. The van der Waals surface area contributed by atoms with Gasteiger partial charge in [0, 0.05) is 16.4 Å². The molecule has 0 aliphatic rings. The molecule has 0 saturated carbocycles. The molecule has 0 unspecified atom stereocenters. The monoisotopic (exact) mass is 415 g/mol. The van der Waals surface area contributed by atoms with Gasteiger partial charge in [0.1, 0.15) is 20.5 Å². The van der Waals surface area contributed by atoms with Gasteiger partial charge in [0.05, 0.1) is 0 Å². The lowest BCUT2D eigenvalue weighted by Crippen LogP contribution is -2.16. The summed E-state index contributed by atoms with van der Waals surface area (Å²) >= 11 is 0.645. The summed E-state index contributed by atoms with van der Waals surface area (Å²) < 4.78 is 63.5. The zero-order valence-corrected chi connectivity index (χ0v) is 14.6. The van der Waals surface area contributed by atoms with Crippen LogP contribution in [0.25, 0.3) is 0 Å². The number of alkyl halides is 3. The van der Waals surface area contributed by atoms with Crippen molar-refractivity contribution in [2.75, 3.05) is 5.32 Å². The Kier molecular flexibility index (Phi) is 5.21. The Bertz CT molecular complexity index is 907. The Hall–Kier alpha value is -1.98.